The lowest BCUT2D eigenvalue weighted by molar-refractivity contribution is 0.150. The van der Waals surface area contributed by atoms with Gasteiger partial charge in [0.05, 0.1) is 0 Å². The molecule has 0 spiro atoms. The molecule has 2 aromatic rings. The van der Waals surface area contributed by atoms with Crippen LogP contribution in [0, 0.1) is 12.7 Å². The summed E-state index contributed by atoms with van der Waals surface area (Å²) in [4.78, 5) is 17.3. The zero-order chi connectivity index (χ0) is 20.6. The molecule has 1 aliphatic rings. The minimum absolute atomic E-state index is 0.119. The second-order valence-electron chi connectivity index (χ2n) is 8.08. The van der Waals surface area contributed by atoms with E-state index in [1.54, 1.807) is 12.1 Å². The zero-order valence-electron chi connectivity index (χ0n) is 17.5. The molecule has 2 aromatic carbocycles. The highest BCUT2D eigenvalue weighted by molar-refractivity contribution is 5.89. The van der Waals surface area contributed by atoms with Crippen LogP contribution in [0.5, 0.6) is 0 Å². The van der Waals surface area contributed by atoms with Crippen LogP contribution in [-0.4, -0.2) is 41.5 Å². The van der Waals surface area contributed by atoms with Gasteiger partial charge < -0.3 is 15.1 Å². The average Bonchev–Trinajstić information content (AvgIpc) is 2.70. The van der Waals surface area contributed by atoms with Gasteiger partial charge in [-0.15, -0.1) is 0 Å². The summed E-state index contributed by atoms with van der Waals surface area (Å²) in [7, 11) is 0. The number of hydrogen-bond donors (Lipinski definition) is 1. The zero-order valence-corrected chi connectivity index (χ0v) is 17.5. The molecule has 0 bridgehead atoms. The standard InChI is InChI=1S/C24H32FN3O/c1-19-7-5-9-23(17-19)26-24(29)28(18-21-10-12-22(25)13-11-21)16-6-15-27-14-4-3-8-20(27)2/h5,7,9-13,17,20H,3-4,6,8,14-16,18H2,1-2H3,(H,26,29). The molecular formula is C24H32FN3O. The third kappa shape index (κ3) is 6.57. The second-order valence-corrected chi connectivity index (χ2v) is 8.08. The predicted molar refractivity (Wildman–Crippen MR) is 117 cm³/mol. The van der Waals surface area contributed by atoms with E-state index in [0.717, 1.165) is 36.3 Å². The Labute approximate surface area is 173 Å². The Morgan fingerprint density at radius 2 is 2.00 bits per heavy atom. The van der Waals surface area contributed by atoms with Gasteiger partial charge >= 0.3 is 6.03 Å². The molecule has 1 atom stereocenters. The number of benzene rings is 2. The van der Waals surface area contributed by atoms with Crippen LogP contribution in [0.1, 0.15) is 43.7 Å². The van der Waals surface area contributed by atoms with Crippen molar-refractivity contribution >= 4 is 11.7 Å². The maximum absolute atomic E-state index is 13.3. The SMILES string of the molecule is Cc1cccc(NC(=O)N(CCCN2CCCCC2C)Cc2ccc(F)cc2)c1. The number of likely N-dealkylation sites (tertiary alicyclic amines) is 1. The van der Waals surface area contributed by atoms with Gasteiger partial charge in [0.25, 0.3) is 0 Å². The molecule has 1 N–H and O–H groups in total. The van der Waals surface area contributed by atoms with Crippen molar-refractivity contribution in [3.8, 4) is 0 Å². The van der Waals surface area contributed by atoms with Crippen LogP contribution in [0.3, 0.4) is 0 Å². The van der Waals surface area contributed by atoms with Crippen molar-refractivity contribution in [1.29, 1.82) is 0 Å². The highest BCUT2D eigenvalue weighted by atomic mass is 19.1. The highest BCUT2D eigenvalue weighted by Gasteiger charge is 2.19. The summed E-state index contributed by atoms with van der Waals surface area (Å²) in [6.07, 6.45) is 4.75. The van der Waals surface area contributed by atoms with Gasteiger partial charge in [0.2, 0.25) is 0 Å². The minimum Gasteiger partial charge on any atom is -0.320 e. The van der Waals surface area contributed by atoms with Crippen molar-refractivity contribution in [2.24, 2.45) is 0 Å². The first kappa shape index (κ1) is 21.3. The number of hydrogen-bond acceptors (Lipinski definition) is 2. The normalized spacial score (nSPS) is 17.1. The molecule has 1 fully saturated rings. The van der Waals surface area contributed by atoms with E-state index in [4.69, 9.17) is 0 Å². The van der Waals surface area contributed by atoms with E-state index in [-0.39, 0.29) is 11.8 Å². The molecule has 0 radical (unpaired) electrons. The number of urea groups is 1. The summed E-state index contributed by atoms with van der Waals surface area (Å²) in [6.45, 7) is 7.57. The molecule has 0 aliphatic carbocycles. The monoisotopic (exact) mass is 397 g/mol. The number of amides is 2. The number of nitrogens with one attached hydrogen (secondary N) is 1. The number of piperidine rings is 1. The Kier molecular flexibility index (Phi) is 7.64. The number of halogens is 1. The number of nitrogens with zero attached hydrogens (tertiary/aromatic N) is 2. The lowest BCUT2D eigenvalue weighted by atomic mass is 10.0. The first-order valence-corrected chi connectivity index (χ1v) is 10.6. The maximum Gasteiger partial charge on any atom is 0.322 e. The van der Waals surface area contributed by atoms with E-state index in [1.807, 2.05) is 36.1 Å². The van der Waals surface area contributed by atoms with Crippen LogP contribution in [0.2, 0.25) is 0 Å². The van der Waals surface area contributed by atoms with Gasteiger partial charge in [0.1, 0.15) is 5.82 Å². The van der Waals surface area contributed by atoms with Crippen molar-refractivity contribution in [3.63, 3.8) is 0 Å². The number of carbonyl (C=O) groups excluding carboxylic acids is 1. The summed E-state index contributed by atoms with van der Waals surface area (Å²) in [5.41, 5.74) is 2.83. The van der Waals surface area contributed by atoms with Gasteiger partial charge in [-0.05, 0) is 75.0 Å². The van der Waals surface area contributed by atoms with Gasteiger partial charge in [-0.3, -0.25) is 0 Å². The Morgan fingerprint density at radius 3 is 2.72 bits per heavy atom. The first-order chi connectivity index (χ1) is 14.0. The smallest absolute Gasteiger partial charge is 0.320 e. The van der Waals surface area contributed by atoms with Gasteiger partial charge in [0, 0.05) is 31.4 Å². The molecule has 1 unspecified atom stereocenters. The van der Waals surface area contributed by atoms with Crippen LogP contribution in [0.15, 0.2) is 48.5 Å². The third-order valence-corrected chi connectivity index (χ3v) is 5.66. The number of carbonyl (C=O) groups is 1. The molecule has 0 aromatic heterocycles. The van der Waals surface area contributed by atoms with E-state index in [0.29, 0.717) is 19.1 Å². The van der Waals surface area contributed by atoms with Crippen molar-refractivity contribution in [3.05, 3.63) is 65.5 Å². The van der Waals surface area contributed by atoms with Crippen LogP contribution < -0.4 is 5.32 Å². The largest absolute Gasteiger partial charge is 0.322 e. The summed E-state index contributed by atoms with van der Waals surface area (Å²) in [5, 5.41) is 3.01. The van der Waals surface area contributed by atoms with E-state index in [1.165, 1.54) is 31.4 Å². The summed E-state index contributed by atoms with van der Waals surface area (Å²) < 4.78 is 13.3. The van der Waals surface area contributed by atoms with Crippen LogP contribution in [-0.2, 0) is 6.54 Å². The van der Waals surface area contributed by atoms with Crippen molar-refractivity contribution < 1.29 is 9.18 Å². The summed E-state index contributed by atoms with van der Waals surface area (Å²) in [6, 6.07) is 14.7. The molecule has 1 aliphatic heterocycles. The molecule has 0 saturated carbocycles. The van der Waals surface area contributed by atoms with Gasteiger partial charge in [-0.25, -0.2) is 9.18 Å². The Morgan fingerprint density at radius 1 is 1.21 bits per heavy atom. The lowest BCUT2D eigenvalue weighted by Crippen LogP contribution is -2.40. The van der Waals surface area contributed by atoms with Gasteiger partial charge in [0.15, 0.2) is 0 Å². The molecular weight excluding hydrogens is 365 g/mol. The topological polar surface area (TPSA) is 35.6 Å². The Balaban J connectivity index is 1.63. The maximum atomic E-state index is 13.3. The fourth-order valence-corrected chi connectivity index (χ4v) is 3.94. The molecule has 3 rings (SSSR count). The van der Waals surface area contributed by atoms with Crippen molar-refractivity contribution in [1.82, 2.24) is 9.80 Å². The van der Waals surface area contributed by atoms with Crippen LogP contribution >= 0.6 is 0 Å². The van der Waals surface area contributed by atoms with Crippen molar-refractivity contribution in [2.45, 2.75) is 52.1 Å². The van der Waals surface area contributed by atoms with Crippen LogP contribution in [0.4, 0.5) is 14.9 Å². The van der Waals surface area contributed by atoms with E-state index < -0.39 is 0 Å². The molecule has 29 heavy (non-hydrogen) atoms. The molecule has 4 nitrogen and oxygen atoms in total. The first-order valence-electron chi connectivity index (χ1n) is 10.6. The van der Waals surface area contributed by atoms with Crippen LogP contribution in [0.25, 0.3) is 0 Å². The van der Waals surface area contributed by atoms with Crippen molar-refractivity contribution in [2.75, 3.05) is 25.0 Å². The minimum atomic E-state index is -0.261. The predicted octanol–water partition coefficient (Wildman–Crippen LogP) is 5.43. The fourth-order valence-electron chi connectivity index (χ4n) is 3.94. The summed E-state index contributed by atoms with van der Waals surface area (Å²) in [5.74, 6) is -0.261. The van der Waals surface area contributed by atoms with E-state index in [2.05, 4.69) is 17.1 Å². The molecule has 156 valence electrons. The van der Waals surface area contributed by atoms with Gasteiger partial charge in [-0.1, -0.05) is 30.7 Å². The molecule has 1 heterocycles. The third-order valence-electron chi connectivity index (χ3n) is 5.66. The lowest BCUT2D eigenvalue weighted by Gasteiger charge is -2.34. The number of rotatable bonds is 7. The summed E-state index contributed by atoms with van der Waals surface area (Å²) >= 11 is 0. The molecule has 1 saturated heterocycles. The second kappa shape index (κ2) is 10.4. The number of anilines is 1. The fraction of sp³-hybridized carbons (Fsp3) is 0.458. The molecule has 2 amide bonds. The Hall–Kier alpha value is -2.40. The van der Waals surface area contributed by atoms with E-state index in [9.17, 15) is 9.18 Å². The molecule has 5 heteroatoms. The highest BCUT2D eigenvalue weighted by Crippen LogP contribution is 2.17. The quantitative estimate of drug-likeness (QED) is 0.676. The van der Waals surface area contributed by atoms with Gasteiger partial charge in [-0.2, -0.15) is 0 Å². The van der Waals surface area contributed by atoms with E-state index >= 15 is 0 Å². The number of aryl methyl sites for hydroxylation is 1. The average molecular weight is 398 g/mol. The Bertz CT molecular complexity index is 793.